The first-order valence-electron chi connectivity index (χ1n) is 15.1. The van der Waals surface area contributed by atoms with Gasteiger partial charge in [0.15, 0.2) is 5.69 Å². The Morgan fingerprint density at radius 3 is 2.35 bits per heavy atom. The van der Waals surface area contributed by atoms with E-state index in [1.165, 1.54) is 41.0 Å². The summed E-state index contributed by atoms with van der Waals surface area (Å²) in [5.74, 6) is -2.73. The summed E-state index contributed by atoms with van der Waals surface area (Å²) in [7, 11) is 1.22. The van der Waals surface area contributed by atoms with Crippen molar-refractivity contribution in [1.29, 1.82) is 0 Å². The molecule has 2 aromatic carbocycles. The summed E-state index contributed by atoms with van der Waals surface area (Å²) in [6, 6.07) is 16.7. The molecule has 0 unspecified atom stereocenters. The van der Waals surface area contributed by atoms with Crippen molar-refractivity contribution < 1.29 is 51.3 Å². The van der Waals surface area contributed by atoms with Crippen LogP contribution in [0.4, 0.5) is 18.9 Å². The number of esters is 1. The number of hydrogen-bond acceptors (Lipinski definition) is 9. The van der Waals surface area contributed by atoms with Crippen LogP contribution in [0.25, 0.3) is 5.69 Å². The number of nitrogens with zero attached hydrogens (tertiary/aromatic N) is 4. The van der Waals surface area contributed by atoms with Gasteiger partial charge in [-0.3, -0.25) is 14.4 Å². The Balaban J connectivity index is 1.30. The molecule has 2 aromatic heterocycles. The Morgan fingerprint density at radius 1 is 0.959 bits per heavy atom. The molecule has 0 bridgehead atoms. The molecule has 1 fully saturated rings. The van der Waals surface area contributed by atoms with Gasteiger partial charge in [0, 0.05) is 44.4 Å². The highest BCUT2D eigenvalue weighted by Gasteiger charge is 2.33. The van der Waals surface area contributed by atoms with E-state index in [1.807, 2.05) is 0 Å². The Kier molecular flexibility index (Phi) is 10.5. The van der Waals surface area contributed by atoms with E-state index < -0.39 is 48.0 Å². The summed E-state index contributed by atoms with van der Waals surface area (Å²) >= 11 is 0. The molecule has 0 saturated carbocycles. The number of aromatic nitrogens is 2. The van der Waals surface area contributed by atoms with E-state index in [9.17, 15) is 37.5 Å². The summed E-state index contributed by atoms with van der Waals surface area (Å²) in [6.07, 6.45) is -5.12. The van der Waals surface area contributed by atoms with Gasteiger partial charge in [-0.15, -0.1) is 0 Å². The zero-order valence-corrected chi connectivity index (χ0v) is 26.2. The Bertz CT molecular complexity index is 1800. The number of carboxylic acid groups (broad SMARTS) is 1. The molecule has 258 valence electrons. The number of piperazine rings is 1. The smallest absolute Gasteiger partial charge is 0.416 e. The summed E-state index contributed by atoms with van der Waals surface area (Å²) < 4.78 is 57.0. The van der Waals surface area contributed by atoms with E-state index in [0.29, 0.717) is 17.1 Å². The zero-order chi connectivity index (χ0) is 35.1. The maximum absolute atomic E-state index is 13.6. The predicted molar refractivity (Wildman–Crippen MR) is 166 cm³/mol. The number of carbonyl (C=O) groups excluding carboxylic acids is 3. The number of carboxylic acids is 1. The minimum absolute atomic E-state index is 0.0214. The molecule has 0 aliphatic carbocycles. The van der Waals surface area contributed by atoms with Gasteiger partial charge in [0.25, 0.3) is 5.91 Å². The second-order valence-electron chi connectivity index (χ2n) is 11.0. The average Bonchev–Trinajstić information content (AvgIpc) is 3.76. The summed E-state index contributed by atoms with van der Waals surface area (Å²) in [4.78, 5) is 53.4. The number of furan rings is 1. The lowest BCUT2D eigenvalue weighted by Gasteiger charge is -2.37. The fourth-order valence-electron chi connectivity index (χ4n) is 5.18. The third-order valence-electron chi connectivity index (χ3n) is 7.70. The van der Waals surface area contributed by atoms with Gasteiger partial charge >= 0.3 is 18.1 Å². The van der Waals surface area contributed by atoms with E-state index in [-0.39, 0.29) is 56.5 Å². The molecule has 1 atom stereocenters. The molecule has 5 rings (SSSR count). The van der Waals surface area contributed by atoms with E-state index in [1.54, 1.807) is 41.3 Å². The van der Waals surface area contributed by atoms with Crippen LogP contribution in [0.2, 0.25) is 0 Å². The normalized spacial score (nSPS) is 13.9. The van der Waals surface area contributed by atoms with Crippen molar-refractivity contribution in [3.63, 3.8) is 0 Å². The van der Waals surface area contributed by atoms with Crippen LogP contribution in [-0.2, 0) is 27.1 Å². The van der Waals surface area contributed by atoms with Gasteiger partial charge in [0.05, 0.1) is 18.4 Å². The number of aliphatic carboxylic acids is 1. The second-order valence-corrected chi connectivity index (χ2v) is 11.0. The maximum atomic E-state index is 13.6. The van der Waals surface area contributed by atoms with Gasteiger partial charge in [-0.2, -0.15) is 18.3 Å². The first kappa shape index (κ1) is 34.5. The number of methoxy groups -OCH3 is 1. The average molecular weight is 684 g/mol. The molecule has 2 amide bonds. The molecule has 13 nitrogen and oxygen atoms in total. The molecule has 0 radical (unpaired) electrons. The van der Waals surface area contributed by atoms with Gasteiger partial charge < -0.3 is 34.1 Å². The highest BCUT2D eigenvalue weighted by atomic mass is 19.4. The van der Waals surface area contributed by atoms with Gasteiger partial charge in [-0.1, -0.05) is 24.3 Å². The first-order valence-corrected chi connectivity index (χ1v) is 15.1. The highest BCUT2D eigenvalue weighted by Crippen LogP contribution is 2.32. The number of anilines is 1. The van der Waals surface area contributed by atoms with Crippen LogP contribution in [0, 0.1) is 0 Å². The van der Waals surface area contributed by atoms with Crippen LogP contribution in [-0.4, -0.2) is 82.9 Å². The van der Waals surface area contributed by atoms with E-state index in [4.69, 9.17) is 9.15 Å². The van der Waals surface area contributed by atoms with Crippen molar-refractivity contribution in [3.8, 4) is 11.6 Å². The molecule has 0 spiro atoms. The number of amides is 2. The largest absolute Gasteiger partial charge is 0.481 e. The second kappa shape index (κ2) is 15.0. The molecule has 3 heterocycles. The summed E-state index contributed by atoms with van der Waals surface area (Å²) in [5.41, 5.74) is -0.00283. The van der Waals surface area contributed by atoms with Crippen molar-refractivity contribution in [1.82, 2.24) is 20.0 Å². The van der Waals surface area contributed by atoms with Crippen LogP contribution in [0.5, 0.6) is 5.88 Å². The standard InChI is InChI=1S/C33H32F3N5O8/c1-47-32(46)27-12-10-24(49-27)20-48-28-19-26(38-41(28)22-7-3-2-4-8-22)30(44)37-25(11-13-29(42)43)31(45)40-16-14-39(15-17-40)23-9-5-6-21(18-23)33(34,35)36/h2-10,12,18-19,25H,11,13-17,20H2,1H3,(H,37,44)(H,42,43)/t25-/m0/s1. The number of benzene rings is 2. The molecular weight excluding hydrogens is 651 g/mol. The predicted octanol–water partition coefficient (Wildman–Crippen LogP) is 4.16. The number of alkyl halides is 3. The Hall–Kier alpha value is -5.80. The number of ether oxygens (including phenoxy) is 2. The van der Waals surface area contributed by atoms with E-state index in [0.717, 1.165) is 12.1 Å². The Morgan fingerprint density at radius 2 is 1.67 bits per heavy atom. The van der Waals surface area contributed by atoms with Crippen LogP contribution >= 0.6 is 0 Å². The highest BCUT2D eigenvalue weighted by molar-refractivity contribution is 5.96. The van der Waals surface area contributed by atoms with Gasteiger partial charge in [0.2, 0.25) is 17.5 Å². The van der Waals surface area contributed by atoms with Crippen LogP contribution in [0.1, 0.15) is 45.2 Å². The fourth-order valence-corrected chi connectivity index (χ4v) is 5.18. The number of hydrogen-bond donors (Lipinski definition) is 2. The first-order chi connectivity index (χ1) is 23.4. The molecule has 49 heavy (non-hydrogen) atoms. The molecule has 2 N–H and O–H groups in total. The van der Waals surface area contributed by atoms with Crippen molar-refractivity contribution in [2.75, 3.05) is 38.2 Å². The van der Waals surface area contributed by atoms with Crippen LogP contribution < -0.4 is 15.0 Å². The minimum atomic E-state index is -4.50. The van der Waals surface area contributed by atoms with Crippen molar-refractivity contribution >= 4 is 29.4 Å². The van der Waals surface area contributed by atoms with Crippen molar-refractivity contribution in [2.45, 2.75) is 31.7 Å². The van der Waals surface area contributed by atoms with E-state index >= 15 is 0 Å². The number of carbonyl (C=O) groups is 4. The molecule has 4 aromatic rings. The lowest BCUT2D eigenvalue weighted by Crippen LogP contribution is -2.55. The molecular formula is C33H32F3N5O8. The van der Waals surface area contributed by atoms with Crippen LogP contribution in [0.15, 0.2) is 77.2 Å². The summed E-state index contributed by atoms with van der Waals surface area (Å²) in [6.45, 7) is 0.596. The SMILES string of the molecule is COC(=O)c1ccc(COc2cc(C(=O)N[C@@H](CCC(=O)O)C(=O)N3CCN(c4cccc(C(F)(F)F)c4)CC3)nn2-c2ccccc2)o1. The number of rotatable bonds is 12. The zero-order valence-electron chi connectivity index (χ0n) is 26.2. The number of para-hydroxylation sites is 1. The van der Waals surface area contributed by atoms with Gasteiger partial charge in [0.1, 0.15) is 18.4 Å². The van der Waals surface area contributed by atoms with Crippen LogP contribution in [0.3, 0.4) is 0 Å². The monoisotopic (exact) mass is 683 g/mol. The third kappa shape index (κ3) is 8.57. The lowest BCUT2D eigenvalue weighted by molar-refractivity contribution is -0.138. The quantitative estimate of drug-likeness (QED) is 0.208. The molecule has 1 aliphatic heterocycles. The van der Waals surface area contributed by atoms with Crippen molar-refractivity contribution in [2.24, 2.45) is 0 Å². The topological polar surface area (TPSA) is 156 Å². The minimum Gasteiger partial charge on any atom is -0.481 e. The van der Waals surface area contributed by atoms with Gasteiger partial charge in [-0.25, -0.2) is 9.48 Å². The molecule has 1 aliphatic rings. The Labute approximate surface area is 277 Å². The molecule has 16 heteroatoms. The maximum Gasteiger partial charge on any atom is 0.416 e. The fraction of sp³-hybridized carbons (Fsp3) is 0.303. The third-order valence-corrected chi connectivity index (χ3v) is 7.70. The number of halogens is 3. The van der Waals surface area contributed by atoms with Crippen molar-refractivity contribution in [3.05, 3.63) is 95.6 Å². The number of nitrogens with one attached hydrogen (secondary N) is 1. The van der Waals surface area contributed by atoms with E-state index in [2.05, 4.69) is 15.2 Å². The lowest BCUT2D eigenvalue weighted by atomic mass is 10.1. The molecule has 1 saturated heterocycles. The summed E-state index contributed by atoms with van der Waals surface area (Å²) in [5, 5.41) is 16.3. The van der Waals surface area contributed by atoms with Gasteiger partial charge in [-0.05, 0) is 48.9 Å².